The van der Waals surface area contributed by atoms with Crippen LogP contribution >= 0.6 is 0 Å². The summed E-state index contributed by atoms with van der Waals surface area (Å²) in [6.45, 7) is 1.13. The van der Waals surface area contributed by atoms with Crippen LogP contribution in [0.1, 0.15) is 18.4 Å². The fourth-order valence-electron chi connectivity index (χ4n) is 1.83. The number of rotatable bonds is 2. The molecule has 1 fully saturated rings. The van der Waals surface area contributed by atoms with E-state index >= 15 is 0 Å². The van der Waals surface area contributed by atoms with Crippen molar-refractivity contribution in [3.63, 3.8) is 0 Å². The second kappa shape index (κ2) is 5.11. The second-order valence-corrected chi connectivity index (χ2v) is 3.99. The highest BCUT2D eigenvalue weighted by Gasteiger charge is 2.18. The van der Waals surface area contributed by atoms with Crippen molar-refractivity contribution in [1.82, 2.24) is 0 Å². The van der Waals surface area contributed by atoms with Crippen LogP contribution in [-0.4, -0.2) is 19.3 Å². The lowest BCUT2D eigenvalue weighted by molar-refractivity contribution is 0.0874. The summed E-state index contributed by atoms with van der Waals surface area (Å²) >= 11 is 0. The quantitative estimate of drug-likeness (QED) is 0.860. The third-order valence-corrected chi connectivity index (χ3v) is 2.68. The number of hydrogen-bond donors (Lipinski definition) is 1. The summed E-state index contributed by atoms with van der Waals surface area (Å²) < 4.78 is 32.3. The monoisotopic (exact) mass is 238 g/mol. The van der Waals surface area contributed by atoms with Gasteiger partial charge in [-0.2, -0.15) is 5.26 Å². The van der Waals surface area contributed by atoms with Crippen molar-refractivity contribution >= 4 is 5.69 Å². The van der Waals surface area contributed by atoms with E-state index in [1.165, 1.54) is 0 Å². The molecular weight excluding hydrogens is 226 g/mol. The predicted octanol–water partition coefficient (Wildman–Crippen LogP) is 2.43. The van der Waals surface area contributed by atoms with Crippen LogP contribution in [-0.2, 0) is 4.74 Å². The average Bonchev–Trinajstić information content (AvgIpc) is 2.35. The van der Waals surface area contributed by atoms with E-state index in [0.29, 0.717) is 13.2 Å². The molecule has 90 valence electrons. The Morgan fingerprint density at radius 1 is 1.35 bits per heavy atom. The molecule has 1 atom stereocenters. The summed E-state index contributed by atoms with van der Waals surface area (Å²) in [7, 11) is 0. The molecule has 1 aromatic carbocycles. The van der Waals surface area contributed by atoms with Gasteiger partial charge >= 0.3 is 0 Å². The molecule has 1 heterocycles. The van der Waals surface area contributed by atoms with Gasteiger partial charge in [0.1, 0.15) is 5.69 Å². The molecule has 1 unspecified atom stereocenters. The fourth-order valence-corrected chi connectivity index (χ4v) is 1.83. The normalized spacial score (nSPS) is 19.7. The first-order chi connectivity index (χ1) is 8.20. The molecule has 0 bridgehead atoms. The Morgan fingerprint density at radius 2 is 2.06 bits per heavy atom. The number of halogens is 2. The highest BCUT2D eigenvalue weighted by atomic mass is 19.1. The van der Waals surface area contributed by atoms with Gasteiger partial charge in [-0.05, 0) is 25.0 Å². The summed E-state index contributed by atoms with van der Waals surface area (Å²) in [5.74, 6) is -1.49. The molecule has 0 spiro atoms. The maximum atomic E-state index is 13.6. The van der Waals surface area contributed by atoms with E-state index in [2.05, 4.69) is 5.32 Å². The van der Waals surface area contributed by atoms with E-state index < -0.39 is 11.6 Å². The van der Waals surface area contributed by atoms with Gasteiger partial charge in [0.25, 0.3) is 0 Å². The summed E-state index contributed by atoms with van der Waals surface area (Å²) in [5.41, 5.74) is -0.204. The standard InChI is InChI=1S/C12H12F2N2O/c13-10-4-8(6-15)5-11(14)12(10)16-9-2-1-3-17-7-9/h4-5,9,16H,1-3,7H2. The van der Waals surface area contributed by atoms with Crippen LogP contribution in [0, 0.1) is 23.0 Å². The molecule has 1 saturated heterocycles. The number of nitrogens with zero attached hydrogens (tertiary/aromatic N) is 1. The van der Waals surface area contributed by atoms with E-state index in [1.807, 2.05) is 0 Å². The number of nitriles is 1. The summed E-state index contributed by atoms with van der Waals surface area (Å²) in [4.78, 5) is 0. The van der Waals surface area contributed by atoms with Crippen LogP contribution in [0.25, 0.3) is 0 Å². The maximum absolute atomic E-state index is 13.6. The Kier molecular flexibility index (Phi) is 3.55. The van der Waals surface area contributed by atoms with Gasteiger partial charge in [0.2, 0.25) is 0 Å². The van der Waals surface area contributed by atoms with Gasteiger partial charge < -0.3 is 10.1 Å². The van der Waals surface area contributed by atoms with Crippen LogP contribution in [0.4, 0.5) is 14.5 Å². The minimum absolute atomic E-state index is 0.0227. The predicted molar refractivity (Wildman–Crippen MR) is 58.5 cm³/mol. The molecule has 1 N–H and O–H groups in total. The Morgan fingerprint density at radius 3 is 2.59 bits per heavy atom. The SMILES string of the molecule is N#Cc1cc(F)c(NC2CCCOC2)c(F)c1. The van der Waals surface area contributed by atoms with Crippen molar-refractivity contribution in [3.05, 3.63) is 29.3 Å². The van der Waals surface area contributed by atoms with Crippen molar-refractivity contribution in [2.45, 2.75) is 18.9 Å². The number of hydrogen-bond acceptors (Lipinski definition) is 3. The zero-order valence-electron chi connectivity index (χ0n) is 9.17. The number of anilines is 1. The van der Waals surface area contributed by atoms with Gasteiger partial charge in [0, 0.05) is 12.6 Å². The molecule has 0 amide bonds. The van der Waals surface area contributed by atoms with E-state index in [0.717, 1.165) is 25.0 Å². The summed E-state index contributed by atoms with van der Waals surface area (Å²) in [6.07, 6.45) is 1.69. The first-order valence-corrected chi connectivity index (χ1v) is 5.44. The lowest BCUT2D eigenvalue weighted by Gasteiger charge is -2.24. The maximum Gasteiger partial charge on any atom is 0.150 e. The zero-order chi connectivity index (χ0) is 12.3. The Labute approximate surface area is 98.0 Å². The van der Waals surface area contributed by atoms with Gasteiger partial charge in [0.15, 0.2) is 11.6 Å². The molecule has 0 aliphatic carbocycles. The molecule has 0 radical (unpaired) electrons. The van der Waals surface area contributed by atoms with E-state index in [9.17, 15) is 8.78 Å². The molecule has 5 heteroatoms. The molecule has 0 aromatic heterocycles. The van der Waals surface area contributed by atoms with Crippen LogP contribution in [0.3, 0.4) is 0 Å². The number of benzene rings is 1. The Hall–Kier alpha value is -1.67. The number of nitrogens with one attached hydrogen (secondary N) is 1. The second-order valence-electron chi connectivity index (χ2n) is 3.99. The van der Waals surface area contributed by atoms with E-state index in [-0.39, 0.29) is 17.3 Å². The molecule has 1 aliphatic heterocycles. The van der Waals surface area contributed by atoms with Crippen molar-refractivity contribution < 1.29 is 13.5 Å². The van der Waals surface area contributed by atoms with Crippen LogP contribution in [0.2, 0.25) is 0 Å². The highest BCUT2D eigenvalue weighted by Crippen LogP contribution is 2.23. The molecule has 3 nitrogen and oxygen atoms in total. The number of ether oxygens (including phenoxy) is 1. The first-order valence-electron chi connectivity index (χ1n) is 5.44. The average molecular weight is 238 g/mol. The topological polar surface area (TPSA) is 45.0 Å². The van der Waals surface area contributed by atoms with E-state index in [4.69, 9.17) is 10.00 Å². The molecule has 2 rings (SSSR count). The Bertz CT molecular complexity index is 427. The smallest absolute Gasteiger partial charge is 0.150 e. The van der Waals surface area contributed by atoms with Gasteiger partial charge in [-0.3, -0.25) is 0 Å². The van der Waals surface area contributed by atoms with Gasteiger partial charge in [0.05, 0.1) is 18.2 Å². The highest BCUT2D eigenvalue weighted by molar-refractivity contribution is 5.51. The zero-order valence-corrected chi connectivity index (χ0v) is 9.17. The first kappa shape index (κ1) is 11.8. The van der Waals surface area contributed by atoms with Crippen LogP contribution in [0.15, 0.2) is 12.1 Å². The lowest BCUT2D eigenvalue weighted by atomic mass is 10.1. The molecule has 1 aromatic rings. The van der Waals surface area contributed by atoms with Gasteiger partial charge in [-0.15, -0.1) is 0 Å². The van der Waals surface area contributed by atoms with Crippen molar-refractivity contribution in [2.75, 3.05) is 18.5 Å². The summed E-state index contributed by atoms with van der Waals surface area (Å²) in [6, 6.07) is 3.67. The summed E-state index contributed by atoms with van der Waals surface area (Å²) in [5, 5.41) is 11.4. The van der Waals surface area contributed by atoms with Crippen molar-refractivity contribution in [2.24, 2.45) is 0 Å². The third kappa shape index (κ3) is 2.71. The molecule has 0 saturated carbocycles. The fraction of sp³-hybridized carbons (Fsp3) is 0.417. The Balaban J connectivity index is 2.18. The largest absolute Gasteiger partial charge is 0.379 e. The molecular formula is C12H12F2N2O. The minimum Gasteiger partial charge on any atom is -0.379 e. The van der Waals surface area contributed by atoms with Crippen molar-refractivity contribution in [3.8, 4) is 6.07 Å². The van der Waals surface area contributed by atoms with Crippen LogP contribution in [0.5, 0.6) is 0 Å². The van der Waals surface area contributed by atoms with E-state index in [1.54, 1.807) is 6.07 Å². The van der Waals surface area contributed by atoms with Crippen molar-refractivity contribution in [1.29, 1.82) is 5.26 Å². The molecule has 1 aliphatic rings. The minimum atomic E-state index is -0.743. The van der Waals surface area contributed by atoms with Gasteiger partial charge in [-0.1, -0.05) is 0 Å². The molecule has 17 heavy (non-hydrogen) atoms. The van der Waals surface area contributed by atoms with Gasteiger partial charge in [-0.25, -0.2) is 8.78 Å². The lowest BCUT2D eigenvalue weighted by Crippen LogP contribution is -2.30. The third-order valence-electron chi connectivity index (χ3n) is 2.68. The van der Waals surface area contributed by atoms with Crippen LogP contribution < -0.4 is 5.32 Å².